The summed E-state index contributed by atoms with van der Waals surface area (Å²) in [6.07, 6.45) is 2.11. The summed E-state index contributed by atoms with van der Waals surface area (Å²) in [5, 5.41) is 0. The second kappa shape index (κ2) is 5.20. The number of pyridine rings is 1. The molecule has 0 aliphatic carbocycles. The van der Waals surface area contributed by atoms with Gasteiger partial charge < -0.3 is 4.90 Å². The number of nitrogens with zero attached hydrogens (tertiary/aromatic N) is 4. The Morgan fingerprint density at radius 2 is 1.90 bits per heavy atom. The van der Waals surface area contributed by atoms with E-state index in [2.05, 4.69) is 14.8 Å². The smallest absolute Gasteiger partial charge is 0.246 e. The number of aromatic nitrogens is 1. The van der Waals surface area contributed by atoms with Crippen LogP contribution in [-0.2, 0) is 9.59 Å². The van der Waals surface area contributed by atoms with Crippen LogP contribution >= 0.6 is 0 Å². The van der Waals surface area contributed by atoms with Crippen molar-refractivity contribution in [1.82, 2.24) is 14.8 Å². The van der Waals surface area contributed by atoms with Gasteiger partial charge in [-0.15, -0.1) is 0 Å². The quantitative estimate of drug-likeness (QED) is 0.708. The van der Waals surface area contributed by atoms with Crippen molar-refractivity contribution in [2.75, 3.05) is 38.1 Å². The van der Waals surface area contributed by atoms with Crippen molar-refractivity contribution in [2.45, 2.75) is 12.5 Å². The first-order valence-electron chi connectivity index (χ1n) is 6.87. The number of carbonyl (C=O) groups excluding carboxylic acids is 2. The third-order valence-corrected chi connectivity index (χ3v) is 4.09. The molecule has 0 spiro atoms. The highest BCUT2D eigenvalue weighted by molar-refractivity contribution is 6.05. The van der Waals surface area contributed by atoms with Gasteiger partial charge in [0.2, 0.25) is 11.8 Å². The summed E-state index contributed by atoms with van der Waals surface area (Å²) >= 11 is 0. The van der Waals surface area contributed by atoms with Crippen LogP contribution in [0.15, 0.2) is 24.4 Å². The van der Waals surface area contributed by atoms with Crippen molar-refractivity contribution in [1.29, 1.82) is 0 Å². The molecule has 0 bridgehead atoms. The molecule has 1 aromatic heterocycles. The van der Waals surface area contributed by atoms with E-state index in [-0.39, 0.29) is 17.9 Å². The summed E-state index contributed by atoms with van der Waals surface area (Å²) in [7, 11) is 1.56. The number of likely N-dealkylation sites (tertiary alicyclic amines) is 1. The number of piperazine rings is 1. The van der Waals surface area contributed by atoms with Gasteiger partial charge in [0.15, 0.2) is 0 Å². The zero-order valence-electron chi connectivity index (χ0n) is 11.5. The molecule has 1 atom stereocenters. The summed E-state index contributed by atoms with van der Waals surface area (Å²) in [6, 6.07) is 5.60. The summed E-state index contributed by atoms with van der Waals surface area (Å²) in [5.41, 5.74) is 0. The number of hydrogen-bond acceptors (Lipinski definition) is 5. The predicted molar refractivity (Wildman–Crippen MR) is 74.2 cm³/mol. The first-order valence-corrected chi connectivity index (χ1v) is 6.87. The first-order chi connectivity index (χ1) is 9.66. The normalized spacial score (nSPS) is 24.6. The van der Waals surface area contributed by atoms with E-state index in [1.807, 2.05) is 18.2 Å². The summed E-state index contributed by atoms with van der Waals surface area (Å²) in [6.45, 7) is 3.24. The van der Waals surface area contributed by atoms with E-state index in [9.17, 15) is 9.59 Å². The maximum absolute atomic E-state index is 12.0. The lowest BCUT2D eigenvalue weighted by atomic mass is 10.1. The van der Waals surface area contributed by atoms with Gasteiger partial charge in [-0.05, 0) is 12.1 Å². The zero-order valence-corrected chi connectivity index (χ0v) is 11.5. The van der Waals surface area contributed by atoms with Crippen LogP contribution in [0.4, 0.5) is 5.82 Å². The number of amides is 2. The van der Waals surface area contributed by atoms with Crippen LogP contribution in [0.5, 0.6) is 0 Å². The molecule has 3 heterocycles. The number of imide groups is 1. The minimum Gasteiger partial charge on any atom is -0.354 e. The zero-order chi connectivity index (χ0) is 14.1. The van der Waals surface area contributed by atoms with Gasteiger partial charge in [-0.2, -0.15) is 0 Å². The first kappa shape index (κ1) is 13.1. The fourth-order valence-electron chi connectivity index (χ4n) is 2.82. The van der Waals surface area contributed by atoms with E-state index in [1.54, 1.807) is 13.2 Å². The Balaban J connectivity index is 1.62. The highest BCUT2D eigenvalue weighted by Gasteiger charge is 2.40. The second-order valence-electron chi connectivity index (χ2n) is 5.22. The molecule has 6 nitrogen and oxygen atoms in total. The predicted octanol–water partition coefficient (Wildman–Crippen LogP) is -0.0391. The molecule has 6 heteroatoms. The maximum Gasteiger partial charge on any atom is 0.246 e. The van der Waals surface area contributed by atoms with Gasteiger partial charge >= 0.3 is 0 Å². The topological polar surface area (TPSA) is 56.8 Å². The molecule has 2 aliphatic rings. The lowest BCUT2D eigenvalue weighted by molar-refractivity contribution is -0.138. The minimum atomic E-state index is -0.265. The number of rotatable bonds is 2. The monoisotopic (exact) mass is 274 g/mol. The van der Waals surface area contributed by atoms with Crippen LogP contribution in [0.1, 0.15) is 6.42 Å². The fourth-order valence-corrected chi connectivity index (χ4v) is 2.82. The molecule has 1 aromatic rings. The molecule has 2 saturated heterocycles. The van der Waals surface area contributed by atoms with Gasteiger partial charge in [0.05, 0.1) is 12.5 Å². The van der Waals surface area contributed by atoms with Gasteiger partial charge in [-0.1, -0.05) is 6.07 Å². The minimum absolute atomic E-state index is 0.0683. The largest absolute Gasteiger partial charge is 0.354 e. The van der Waals surface area contributed by atoms with Crippen LogP contribution in [-0.4, -0.2) is 65.9 Å². The third-order valence-electron chi connectivity index (χ3n) is 4.09. The van der Waals surface area contributed by atoms with Crippen LogP contribution < -0.4 is 4.90 Å². The number of likely N-dealkylation sites (N-methyl/N-ethyl adjacent to an activating group) is 1. The summed E-state index contributed by atoms with van der Waals surface area (Å²) < 4.78 is 0. The summed E-state index contributed by atoms with van der Waals surface area (Å²) in [4.78, 5) is 33.5. The molecule has 20 heavy (non-hydrogen) atoms. The lowest BCUT2D eigenvalue weighted by Crippen LogP contribution is -2.52. The molecule has 106 valence electrons. The SMILES string of the molecule is CN1C(=O)C[C@H](N2CCN(c3ccccn3)CC2)C1=O. The molecule has 0 N–H and O–H groups in total. The van der Waals surface area contributed by atoms with Gasteiger partial charge in [0.25, 0.3) is 0 Å². The fraction of sp³-hybridized carbons (Fsp3) is 0.500. The average Bonchev–Trinajstić information content (AvgIpc) is 2.76. The molecule has 0 radical (unpaired) electrons. The van der Waals surface area contributed by atoms with E-state index >= 15 is 0 Å². The van der Waals surface area contributed by atoms with Crippen molar-refractivity contribution in [3.63, 3.8) is 0 Å². The maximum atomic E-state index is 12.0. The van der Waals surface area contributed by atoms with Crippen LogP contribution in [0, 0.1) is 0 Å². The van der Waals surface area contributed by atoms with Gasteiger partial charge in [-0.3, -0.25) is 19.4 Å². The molecular weight excluding hydrogens is 256 g/mol. The molecule has 2 aliphatic heterocycles. The Bertz CT molecular complexity index is 511. The van der Waals surface area contributed by atoms with Crippen molar-refractivity contribution in [2.24, 2.45) is 0 Å². The van der Waals surface area contributed by atoms with E-state index in [4.69, 9.17) is 0 Å². The number of hydrogen-bond donors (Lipinski definition) is 0. The van der Waals surface area contributed by atoms with Crippen LogP contribution in [0.3, 0.4) is 0 Å². The molecule has 2 amide bonds. The number of anilines is 1. The van der Waals surface area contributed by atoms with E-state index in [0.717, 1.165) is 32.0 Å². The molecule has 0 saturated carbocycles. The Labute approximate surface area is 118 Å². The molecule has 2 fully saturated rings. The van der Waals surface area contributed by atoms with Crippen molar-refractivity contribution in [3.05, 3.63) is 24.4 Å². The Kier molecular flexibility index (Phi) is 3.40. The van der Waals surface area contributed by atoms with Crippen LogP contribution in [0.2, 0.25) is 0 Å². The third kappa shape index (κ3) is 2.27. The molecule has 0 unspecified atom stereocenters. The Hall–Kier alpha value is -1.95. The summed E-state index contributed by atoms with van der Waals surface area (Å²) in [5.74, 6) is 0.825. The Morgan fingerprint density at radius 3 is 2.45 bits per heavy atom. The van der Waals surface area contributed by atoms with Gasteiger partial charge in [-0.25, -0.2) is 4.98 Å². The van der Waals surface area contributed by atoms with Crippen molar-refractivity contribution in [3.8, 4) is 0 Å². The Morgan fingerprint density at radius 1 is 1.15 bits per heavy atom. The standard InChI is InChI=1S/C14H18N4O2/c1-16-13(19)10-11(14(16)20)17-6-8-18(9-7-17)12-4-2-3-5-15-12/h2-5,11H,6-10H2,1H3/t11-/m0/s1. The lowest BCUT2D eigenvalue weighted by Gasteiger charge is -2.37. The van der Waals surface area contributed by atoms with E-state index in [1.165, 1.54) is 4.90 Å². The molecule has 0 aromatic carbocycles. The number of carbonyl (C=O) groups is 2. The second-order valence-corrected chi connectivity index (χ2v) is 5.22. The molecule has 3 rings (SSSR count). The van der Waals surface area contributed by atoms with Gasteiger partial charge in [0, 0.05) is 39.4 Å². The highest BCUT2D eigenvalue weighted by atomic mass is 16.2. The van der Waals surface area contributed by atoms with Crippen molar-refractivity contribution >= 4 is 17.6 Å². The van der Waals surface area contributed by atoms with Crippen LogP contribution in [0.25, 0.3) is 0 Å². The van der Waals surface area contributed by atoms with Gasteiger partial charge in [0.1, 0.15) is 5.82 Å². The van der Waals surface area contributed by atoms with E-state index < -0.39 is 0 Å². The van der Waals surface area contributed by atoms with Crippen molar-refractivity contribution < 1.29 is 9.59 Å². The highest BCUT2D eigenvalue weighted by Crippen LogP contribution is 2.20. The molecular formula is C14H18N4O2. The van der Waals surface area contributed by atoms with E-state index in [0.29, 0.717) is 6.42 Å². The average molecular weight is 274 g/mol.